The summed E-state index contributed by atoms with van der Waals surface area (Å²) in [7, 11) is 0. The second-order valence-corrected chi connectivity index (χ2v) is 12.8. The van der Waals surface area contributed by atoms with E-state index in [2.05, 4.69) is 21.0 Å². The van der Waals surface area contributed by atoms with Crippen LogP contribution in [0, 0.1) is 11.8 Å². The Bertz CT molecular complexity index is 2110. The van der Waals surface area contributed by atoms with Crippen LogP contribution >= 0.6 is 15.9 Å². The van der Waals surface area contributed by atoms with Gasteiger partial charge in [-0.1, -0.05) is 88.7 Å². The van der Waals surface area contributed by atoms with Gasteiger partial charge in [-0.05, 0) is 64.0 Å². The van der Waals surface area contributed by atoms with E-state index in [9.17, 15) is 19.2 Å². The summed E-state index contributed by atoms with van der Waals surface area (Å²) in [5, 5.41) is 6.98. The number of hydrazone groups is 1. The predicted molar refractivity (Wildman–Crippen MR) is 172 cm³/mol. The number of imide groups is 2. The maximum absolute atomic E-state index is 14.6. The van der Waals surface area contributed by atoms with Crippen LogP contribution in [0.25, 0.3) is 10.8 Å². The van der Waals surface area contributed by atoms with Gasteiger partial charge in [0.2, 0.25) is 11.8 Å². The van der Waals surface area contributed by atoms with Gasteiger partial charge < -0.3 is 0 Å². The molecule has 2 heterocycles. The summed E-state index contributed by atoms with van der Waals surface area (Å²) in [6.07, 6.45) is 1.58. The van der Waals surface area contributed by atoms with E-state index in [4.69, 9.17) is 0 Å². The van der Waals surface area contributed by atoms with Crippen molar-refractivity contribution in [2.24, 2.45) is 16.9 Å². The summed E-state index contributed by atoms with van der Waals surface area (Å²) in [6.45, 7) is 0. The Morgan fingerprint density at radius 2 is 1.24 bits per heavy atom. The van der Waals surface area contributed by atoms with Crippen LogP contribution in [0.5, 0.6) is 0 Å². The van der Waals surface area contributed by atoms with Crippen molar-refractivity contribution < 1.29 is 19.2 Å². The van der Waals surface area contributed by atoms with Gasteiger partial charge in [-0.3, -0.25) is 19.2 Å². The van der Waals surface area contributed by atoms with Crippen molar-refractivity contribution in [2.75, 3.05) is 4.90 Å². The highest BCUT2D eigenvalue weighted by molar-refractivity contribution is 9.10. The number of nitrogens with zero attached hydrogens (tertiary/aromatic N) is 3. The third-order valence-corrected chi connectivity index (χ3v) is 10.4. The largest absolute Gasteiger partial charge is 0.282 e. The van der Waals surface area contributed by atoms with Gasteiger partial charge in [0.25, 0.3) is 11.8 Å². The molecule has 3 aliphatic carbocycles. The Labute approximate surface area is 265 Å². The van der Waals surface area contributed by atoms with Crippen LogP contribution in [0.3, 0.4) is 0 Å². The Morgan fingerprint density at radius 3 is 1.84 bits per heavy atom. The van der Waals surface area contributed by atoms with Crippen LogP contribution in [0.15, 0.2) is 119 Å². The molecule has 216 valence electrons. The van der Waals surface area contributed by atoms with Crippen molar-refractivity contribution in [1.29, 1.82) is 0 Å². The highest BCUT2D eigenvalue weighted by atomic mass is 79.9. The zero-order valence-electron chi connectivity index (χ0n) is 23.6. The first-order chi connectivity index (χ1) is 21.9. The molecule has 4 amide bonds. The Kier molecular flexibility index (Phi) is 5.33. The van der Waals surface area contributed by atoms with Crippen molar-refractivity contribution in [3.63, 3.8) is 0 Å². The zero-order valence-corrected chi connectivity index (χ0v) is 25.1. The lowest BCUT2D eigenvalue weighted by Gasteiger charge is -2.52. The molecule has 5 aliphatic rings. The number of anilines is 1. The molecule has 1 saturated heterocycles. The van der Waals surface area contributed by atoms with Gasteiger partial charge >= 0.3 is 0 Å². The van der Waals surface area contributed by atoms with Crippen molar-refractivity contribution in [3.05, 3.63) is 147 Å². The average molecular weight is 653 g/mol. The number of halogens is 1. The molecule has 10 rings (SSSR count). The summed E-state index contributed by atoms with van der Waals surface area (Å²) in [6, 6.07) is 33.5. The first kappa shape index (κ1) is 26.2. The summed E-state index contributed by atoms with van der Waals surface area (Å²) < 4.78 is 0.833. The van der Waals surface area contributed by atoms with Crippen LogP contribution in [-0.4, -0.2) is 34.9 Å². The second kappa shape index (κ2) is 9.15. The van der Waals surface area contributed by atoms with Gasteiger partial charge in [-0.25, -0.2) is 4.90 Å². The molecule has 0 radical (unpaired) electrons. The van der Waals surface area contributed by atoms with Crippen LogP contribution in [0.2, 0.25) is 0 Å². The molecule has 0 saturated carbocycles. The Hall–Kier alpha value is -5.21. The fourth-order valence-electron chi connectivity index (χ4n) is 8.17. The zero-order chi connectivity index (χ0) is 30.6. The number of benzene rings is 5. The van der Waals surface area contributed by atoms with Gasteiger partial charge in [0.1, 0.15) is 0 Å². The number of rotatable bonds is 3. The van der Waals surface area contributed by atoms with Crippen LogP contribution < -0.4 is 4.90 Å². The second-order valence-electron chi connectivity index (χ2n) is 11.9. The van der Waals surface area contributed by atoms with Crippen LogP contribution in [-0.2, 0) is 15.0 Å². The maximum Gasteiger partial charge on any atom is 0.282 e. The molecule has 8 heteroatoms. The number of hydrogen-bond donors (Lipinski definition) is 0. The SMILES string of the molecule is O=C1c2cccc3cccc(c23)C(=O)N1/N=C\C12c3ccccc3C(c3ccccc31)[C@H]1C(=O)N(c3ccc(Br)cc3)C(=O)[C@H]12. The minimum absolute atomic E-state index is 0.273. The molecule has 2 aliphatic heterocycles. The minimum Gasteiger partial charge on any atom is -0.274 e. The normalized spacial score (nSPS) is 24.4. The summed E-state index contributed by atoms with van der Waals surface area (Å²) in [5.74, 6) is -3.55. The molecule has 0 unspecified atom stereocenters. The molecule has 0 aromatic heterocycles. The molecular weight excluding hydrogens is 630 g/mol. The van der Waals surface area contributed by atoms with Crippen molar-refractivity contribution in [2.45, 2.75) is 11.3 Å². The van der Waals surface area contributed by atoms with Gasteiger partial charge in [-0.15, -0.1) is 0 Å². The molecule has 7 nitrogen and oxygen atoms in total. The first-order valence-corrected chi connectivity index (χ1v) is 15.5. The quantitative estimate of drug-likeness (QED) is 0.166. The fraction of sp³-hybridized carbons (Fsp3) is 0.108. The highest BCUT2D eigenvalue weighted by Crippen LogP contribution is 2.63. The lowest BCUT2D eigenvalue weighted by Crippen LogP contribution is -2.55. The van der Waals surface area contributed by atoms with Crippen LogP contribution in [0.4, 0.5) is 5.69 Å². The molecule has 0 spiro atoms. The van der Waals surface area contributed by atoms with E-state index >= 15 is 0 Å². The summed E-state index contributed by atoms with van der Waals surface area (Å²) in [5.41, 5.74) is 3.62. The van der Waals surface area contributed by atoms with Gasteiger partial charge in [0.05, 0.1) is 34.1 Å². The number of carbonyl (C=O) groups excluding carboxylic acids is 4. The Balaban J connectivity index is 1.27. The molecule has 0 N–H and O–H groups in total. The van der Waals surface area contributed by atoms with Gasteiger partial charge in [-0.2, -0.15) is 10.1 Å². The third-order valence-electron chi connectivity index (χ3n) is 9.90. The molecule has 1 fully saturated rings. The van der Waals surface area contributed by atoms with Crippen molar-refractivity contribution in [3.8, 4) is 0 Å². The topological polar surface area (TPSA) is 87.1 Å². The van der Waals surface area contributed by atoms with Crippen LogP contribution in [0.1, 0.15) is 48.9 Å². The summed E-state index contributed by atoms with van der Waals surface area (Å²) in [4.78, 5) is 58.0. The van der Waals surface area contributed by atoms with Crippen molar-refractivity contribution in [1.82, 2.24) is 5.01 Å². The standard InChI is InChI=1S/C37H22BrN3O4/c38-21-15-17-22(18-16-21)40-35(44)31-30-23-9-1-3-13-27(23)37(32(31)36(40)45,28-14-4-2-10-24(28)30)19-39-41-33(42)25-11-5-7-20-8-6-12-26(29(20)25)34(41)43/h1-19,30-32H/b39-19-/t30?,31-,32+,37?/m1/s1. The highest BCUT2D eigenvalue weighted by Gasteiger charge is 2.68. The summed E-state index contributed by atoms with van der Waals surface area (Å²) >= 11 is 3.44. The molecule has 2 bridgehead atoms. The lowest BCUT2D eigenvalue weighted by atomic mass is 9.47. The van der Waals surface area contributed by atoms with Gasteiger partial charge in [0.15, 0.2) is 0 Å². The molecule has 45 heavy (non-hydrogen) atoms. The fourth-order valence-corrected chi connectivity index (χ4v) is 8.43. The molecular formula is C37H22BrN3O4. The minimum atomic E-state index is -1.22. The average Bonchev–Trinajstić information content (AvgIpc) is 3.34. The lowest BCUT2D eigenvalue weighted by molar-refractivity contribution is -0.122. The van der Waals surface area contributed by atoms with E-state index < -0.39 is 29.1 Å². The molecule has 5 aromatic rings. The number of amides is 4. The smallest absolute Gasteiger partial charge is 0.274 e. The number of hydrogen-bond acceptors (Lipinski definition) is 5. The first-order valence-electron chi connectivity index (χ1n) is 14.7. The molecule has 2 atom stereocenters. The van der Waals surface area contributed by atoms with E-state index in [1.807, 2.05) is 60.7 Å². The monoisotopic (exact) mass is 651 g/mol. The van der Waals surface area contributed by atoms with E-state index in [-0.39, 0.29) is 17.7 Å². The van der Waals surface area contributed by atoms with Crippen molar-refractivity contribution >= 4 is 62.2 Å². The van der Waals surface area contributed by atoms with E-state index in [0.717, 1.165) is 37.1 Å². The number of carbonyl (C=O) groups is 4. The third kappa shape index (κ3) is 3.27. The molecule has 5 aromatic carbocycles. The van der Waals surface area contributed by atoms with E-state index in [1.165, 1.54) is 4.90 Å². The van der Waals surface area contributed by atoms with E-state index in [1.54, 1.807) is 54.7 Å². The predicted octanol–water partition coefficient (Wildman–Crippen LogP) is 6.44. The van der Waals surface area contributed by atoms with Gasteiger partial charge in [0, 0.05) is 22.0 Å². The Morgan fingerprint density at radius 1 is 0.667 bits per heavy atom. The maximum atomic E-state index is 14.6. The van der Waals surface area contributed by atoms with E-state index in [0.29, 0.717) is 22.2 Å².